The van der Waals surface area contributed by atoms with Gasteiger partial charge < -0.3 is 20.1 Å². The zero-order chi connectivity index (χ0) is 14.9. The summed E-state index contributed by atoms with van der Waals surface area (Å²) in [6.45, 7) is 5.19. The van der Waals surface area contributed by atoms with Gasteiger partial charge >= 0.3 is 0 Å². The van der Waals surface area contributed by atoms with Crippen LogP contribution in [0.5, 0.6) is 0 Å². The molecule has 3 fully saturated rings. The summed E-state index contributed by atoms with van der Waals surface area (Å²) in [6.07, 6.45) is 5.72. The maximum atomic E-state index is 12.5. The Morgan fingerprint density at radius 2 is 2.14 bits per heavy atom. The molecule has 120 valence electrons. The van der Waals surface area contributed by atoms with Crippen molar-refractivity contribution in [2.45, 2.75) is 63.7 Å². The van der Waals surface area contributed by atoms with Crippen molar-refractivity contribution in [1.29, 1.82) is 0 Å². The highest BCUT2D eigenvalue weighted by Crippen LogP contribution is 2.51. The van der Waals surface area contributed by atoms with E-state index in [0.29, 0.717) is 6.61 Å². The Balaban J connectivity index is 1.56. The number of aliphatic hydroxyl groups excluding tert-OH is 1. The number of hydrogen-bond donors (Lipinski definition) is 2. The second-order valence-corrected chi connectivity index (χ2v) is 6.76. The largest absolute Gasteiger partial charge is 0.392 e. The highest BCUT2D eigenvalue weighted by molar-refractivity contribution is 5.82. The smallest absolute Gasteiger partial charge is 0.239 e. The number of likely N-dealkylation sites (tertiary alicyclic amines) is 1. The highest BCUT2D eigenvalue weighted by atomic mass is 16.5. The molecule has 1 saturated carbocycles. The molecule has 0 radical (unpaired) electrons. The number of nitrogens with one attached hydrogen (secondary N) is 1. The molecule has 2 saturated heterocycles. The van der Waals surface area contributed by atoms with E-state index >= 15 is 0 Å². The van der Waals surface area contributed by atoms with Crippen LogP contribution < -0.4 is 5.32 Å². The van der Waals surface area contributed by atoms with Crippen molar-refractivity contribution < 1.29 is 14.6 Å². The Bertz CT molecular complexity index is 372. The third-order valence-electron chi connectivity index (χ3n) is 5.72. The molecule has 5 heteroatoms. The van der Waals surface area contributed by atoms with Crippen LogP contribution in [0.25, 0.3) is 0 Å². The molecule has 5 nitrogen and oxygen atoms in total. The second-order valence-electron chi connectivity index (χ2n) is 6.76. The molecule has 1 spiro atoms. The van der Waals surface area contributed by atoms with Gasteiger partial charge in [-0.1, -0.05) is 6.42 Å². The third kappa shape index (κ3) is 2.71. The van der Waals surface area contributed by atoms with Gasteiger partial charge in [0.05, 0.1) is 18.2 Å². The average Bonchev–Trinajstić information content (AvgIpc) is 2.55. The number of nitrogens with zero attached hydrogens (tertiary/aromatic N) is 1. The summed E-state index contributed by atoms with van der Waals surface area (Å²) in [5.74, 6) is 0.256. The van der Waals surface area contributed by atoms with Crippen LogP contribution in [0.4, 0.5) is 0 Å². The minimum Gasteiger partial charge on any atom is -0.392 e. The van der Waals surface area contributed by atoms with Crippen LogP contribution in [-0.2, 0) is 9.53 Å². The van der Waals surface area contributed by atoms with Gasteiger partial charge in [0, 0.05) is 31.5 Å². The Kier molecular flexibility index (Phi) is 4.52. The molecule has 2 N–H and O–H groups in total. The average molecular weight is 296 g/mol. The van der Waals surface area contributed by atoms with E-state index in [1.807, 2.05) is 11.8 Å². The SMILES string of the molecule is CCO[C@@H]1C[C@H](O)C12CCN(C(=O)[C@@H]1CCCCN1)CC2. The summed E-state index contributed by atoms with van der Waals surface area (Å²) < 4.78 is 5.78. The van der Waals surface area contributed by atoms with Gasteiger partial charge in [-0.2, -0.15) is 0 Å². The van der Waals surface area contributed by atoms with Crippen molar-refractivity contribution in [3.8, 4) is 0 Å². The molecule has 1 aliphatic carbocycles. The summed E-state index contributed by atoms with van der Waals surface area (Å²) in [5.41, 5.74) is -0.0905. The Morgan fingerprint density at radius 1 is 1.38 bits per heavy atom. The second kappa shape index (κ2) is 6.23. The van der Waals surface area contributed by atoms with Crippen LogP contribution in [0.2, 0.25) is 0 Å². The van der Waals surface area contributed by atoms with E-state index in [0.717, 1.165) is 51.7 Å². The van der Waals surface area contributed by atoms with E-state index in [1.54, 1.807) is 0 Å². The van der Waals surface area contributed by atoms with Crippen LogP contribution in [0.15, 0.2) is 0 Å². The Hall–Kier alpha value is -0.650. The molecule has 0 aromatic rings. The number of rotatable bonds is 3. The molecule has 3 rings (SSSR count). The van der Waals surface area contributed by atoms with E-state index in [1.165, 1.54) is 6.42 Å². The van der Waals surface area contributed by atoms with Gasteiger partial charge in [0.15, 0.2) is 0 Å². The lowest BCUT2D eigenvalue weighted by molar-refractivity contribution is -0.210. The topological polar surface area (TPSA) is 61.8 Å². The van der Waals surface area contributed by atoms with Gasteiger partial charge in [0.2, 0.25) is 5.91 Å². The zero-order valence-electron chi connectivity index (χ0n) is 13.0. The maximum Gasteiger partial charge on any atom is 0.239 e. The van der Waals surface area contributed by atoms with Crippen molar-refractivity contribution in [1.82, 2.24) is 10.2 Å². The number of aliphatic hydroxyl groups is 1. The lowest BCUT2D eigenvalue weighted by atomic mass is 9.58. The lowest BCUT2D eigenvalue weighted by Crippen LogP contribution is -2.63. The number of carbonyl (C=O) groups excluding carboxylic acids is 1. The van der Waals surface area contributed by atoms with Crippen molar-refractivity contribution >= 4 is 5.91 Å². The first-order chi connectivity index (χ1) is 10.2. The van der Waals surface area contributed by atoms with Gasteiger partial charge in [-0.25, -0.2) is 0 Å². The first-order valence-corrected chi connectivity index (χ1v) is 8.49. The van der Waals surface area contributed by atoms with Gasteiger partial charge in [-0.3, -0.25) is 4.79 Å². The molecule has 21 heavy (non-hydrogen) atoms. The molecule has 2 aliphatic heterocycles. The molecular weight excluding hydrogens is 268 g/mol. The van der Waals surface area contributed by atoms with Gasteiger partial charge in [0.1, 0.15) is 0 Å². The minimum atomic E-state index is -0.251. The Labute approximate surface area is 127 Å². The summed E-state index contributed by atoms with van der Waals surface area (Å²) >= 11 is 0. The highest BCUT2D eigenvalue weighted by Gasteiger charge is 2.56. The summed E-state index contributed by atoms with van der Waals surface area (Å²) in [6, 6.07) is 0.0156. The number of hydrogen-bond acceptors (Lipinski definition) is 4. The monoisotopic (exact) mass is 296 g/mol. The molecule has 1 amide bonds. The fourth-order valence-corrected chi connectivity index (χ4v) is 4.24. The quantitative estimate of drug-likeness (QED) is 0.812. The molecule has 0 unspecified atom stereocenters. The first kappa shape index (κ1) is 15.3. The van der Waals surface area contributed by atoms with Gasteiger partial charge in [0.25, 0.3) is 0 Å². The van der Waals surface area contributed by atoms with Crippen molar-refractivity contribution in [2.24, 2.45) is 5.41 Å². The van der Waals surface area contributed by atoms with E-state index in [2.05, 4.69) is 5.32 Å². The van der Waals surface area contributed by atoms with Crippen LogP contribution in [-0.4, -0.2) is 60.4 Å². The van der Waals surface area contributed by atoms with Crippen molar-refractivity contribution in [2.75, 3.05) is 26.2 Å². The van der Waals surface area contributed by atoms with Crippen molar-refractivity contribution in [3.05, 3.63) is 0 Å². The summed E-state index contributed by atoms with van der Waals surface area (Å²) in [5, 5.41) is 13.5. The predicted molar refractivity (Wildman–Crippen MR) is 79.9 cm³/mol. The molecule has 2 heterocycles. The van der Waals surface area contributed by atoms with Crippen LogP contribution in [0.1, 0.15) is 45.4 Å². The van der Waals surface area contributed by atoms with Crippen LogP contribution >= 0.6 is 0 Å². The normalized spacial score (nSPS) is 35.5. The third-order valence-corrected chi connectivity index (χ3v) is 5.72. The zero-order valence-corrected chi connectivity index (χ0v) is 13.0. The predicted octanol–water partition coefficient (Wildman–Crippen LogP) is 0.907. The standard InChI is InChI=1S/C16H28N2O3/c1-2-21-14-11-13(19)16(14)6-9-18(10-7-16)15(20)12-5-3-4-8-17-12/h12-14,17,19H,2-11H2,1H3/t12-,13-,14+/m0/s1. The molecule has 3 atom stereocenters. The fourth-order valence-electron chi connectivity index (χ4n) is 4.24. The van der Waals surface area contributed by atoms with Crippen molar-refractivity contribution in [3.63, 3.8) is 0 Å². The molecule has 0 aromatic heterocycles. The van der Waals surface area contributed by atoms with E-state index in [9.17, 15) is 9.90 Å². The number of ether oxygens (including phenoxy) is 1. The molecular formula is C16H28N2O3. The molecule has 0 bridgehead atoms. The van der Waals surface area contributed by atoms with E-state index in [4.69, 9.17) is 4.74 Å². The lowest BCUT2D eigenvalue weighted by Gasteiger charge is -2.56. The van der Waals surface area contributed by atoms with E-state index in [-0.39, 0.29) is 29.6 Å². The number of piperidine rings is 2. The minimum absolute atomic E-state index is 0.0156. The Morgan fingerprint density at radius 3 is 2.71 bits per heavy atom. The van der Waals surface area contributed by atoms with E-state index < -0.39 is 0 Å². The molecule has 3 aliphatic rings. The van der Waals surface area contributed by atoms with Gasteiger partial charge in [-0.15, -0.1) is 0 Å². The van der Waals surface area contributed by atoms with Crippen LogP contribution in [0.3, 0.4) is 0 Å². The fraction of sp³-hybridized carbons (Fsp3) is 0.938. The number of carbonyl (C=O) groups is 1. The van der Waals surface area contributed by atoms with Crippen LogP contribution in [0, 0.1) is 5.41 Å². The first-order valence-electron chi connectivity index (χ1n) is 8.49. The summed E-state index contributed by atoms with van der Waals surface area (Å²) in [7, 11) is 0. The van der Waals surface area contributed by atoms with Gasteiger partial charge in [-0.05, 0) is 39.2 Å². The summed E-state index contributed by atoms with van der Waals surface area (Å²) in [4.78, 5) is 14.5. The number of amides is 1. The molecule has 0 aromatic carbocycles. The maximum absolute atomic E-state index is 12.5.